The highest BCUT2D eigenvalue weighted by molar-refractivity contribution is 5.36. The Morgan fingerprint density at radius 2 is 1.91 bits per heavy atom. The van der Waals surface area contributed by atoms with Crippen LogP contribution in [0.4, 0.5) is 5.69 Å². The van der Waals surface area contributed by atoms with Crippen molar-refractivity contribution in [3.63, 3.8) is 0 Å². The van der Waals surface area contributed by atoms with Crippen molar-refractivity contribution in [1.29, 1.82) is 0 Å². The highest BCUT2D eigenvalue weighted by Crippen LogP contribution is 2.33. The number of hydrogen-bond acceptors (Lipinski definition) is 4. The van der Waals surface area contributed by atoms with Gasteiger partial charge in [0.15, 0.2) is 0 Å². The number of rotatable bonds is 4. The van der Waals surface area contributed by atoms with E-state index in [0.29, 0.717) is 5.92 Å². The number of nitrogens with two attached hydrogens (primary N) is 1. The van der Waals surface area contributed by atoms with Crippen molar-refractivity contribution in [2.45, 2.75) is 24.9 Å². The average molecular weight is 311 g/mol. The standard InChI is InChI=1S/C18H21N3O2/c1-13(15-8-5-9-16(10-15)21(22)23)20-11-17(18(19)12-20)14-6-3-2-4-7-14/h2-10,13,17-18H,11-12,19H2,1H3/t13?,17-,18+/m0/s1. The van der Waals surface area contributed by atoms with Crippen LogP contribution in [0.3, 0.4) is 0 Å². The van der Waals surface area contributed by atoms with Crippen molar-refractivity contribution < 1.29 is 4.92 Å². The van der Waals surface area contributed by atoms with Crippen molar-refractivity contribution in [2.75, 3.05) is 13.1 Å². The maximum absolute atomic E-state index is 11.0. The topological polar surface area (TPSA) is 72.4 Å². The van der Waals surface area contributed by atoms with Crippen LogP contribution >= 0.6 is 0 Å². The highest BCUT2D eigenvalue weighted by atomic mass is 16.6. The van der Waals surface area contributed by atoms with Gasteiger partial charge in [-0.2, -0.15) is 0 Å². The van der Waals surface area contributed by atoms with Gasteiger partial charge in [-0.1, -0.05) is 42.5 Å². The summed E-state index contributed by atoms with van der Waals surface area (Å²) in [6, 6.07) is 17.4. The number of likely N-dealkylation sites (tertiary alicyclic amines) is 1. The van der Waals surface area contributed by atoms with Gasteiger partial charge in [0.1, 0.15) is 0 Å². The van der Waals surface area contributed by atoms with Gasteiger partial charge in [0.25, 0.3) is 5.69 Å². The van der Waals surface area contributed by atoms with E-state index >= 15 is 0 Å². The number of non-ortho nitro benzene ring substituents is 1. The number of benzene rings is 2. The predicted octanol–water partition coefficient (Wildman–Crippen LogP) is 3.08. The predicted molar refractivity (Wildman–Crippen MR) is 90.2 cm³/mol. The molecule has 5 heteroatoms. The zero-order chi connectivity index (χ0) is 16.4. The molecule has 0 aliphatic carbocycles. The molecule has 1 saturated heterocycles. The summed E-state index contributed by atoms with van der Waals surface area (Å²) in [7, 11) is 0. The molecule has 23 heavy (non-hydrogen) atoms. The number of nitro groups is 1. The molecule has 0 amide bonds. The number of nitrogens with zero attached hydrogens (tertiary/aromatic N) is 2. The van der Waals surface area contributed by atoms with E-state index in [-0.39, 0.29) is 22.7 Å². The molecule has 0 saturated carbocycles. The van der Waals surface area contributed by atoms with Gasteiger partial charge in [-0.3, -0.25) is 15.0 Å². The van der Waals surface area contributed by atoms with Crippen LogP contribution in [0.25, 0.3) is 0 Å². The van der Waals surface area contributed by atoms with Crippen LogP contribution in [0.1, 0.15) is 30.0 Å². The van der Waals surface area contributed by atoms with Crippen LogP contribution in [0.15, 0.2) is 54.6 Å². The molecule has 5 nitrogen and oxygen atoms in total. The number of nitro benzene ring substituents is 1. The second-order valence-corrected chi connectivity index (χ2v) is 6.16. The SMILES string of the molecule is CC(c1cccc([N+](=O)[O-])c1)N1C[C@@H](N)[C@H](c2ccccc2)C1. The van der Waals surface area contributed by atoms with Crippen LogP contribution in [0.5, 0.6) is 0 Å². The summed E-state index contributed by atoms with van der Waals surface area (Å²) in [6.45, 7) is 3.75. The molecule has 1 heterocycles. The smallest absolute Gasteiger partial charge is 0.269 e. The van der Waals surface area contributed by atoms with Crippen molar-refractivity contribution in [2.24, 2.45) is 5.73 Å². The lowest BCUT2D eigenvalue weighted by Gasteiger charge is -2.24. The minimum Gasteiger partial charge on any atom is -0.326 e. The molecule has 1 aliphatic rings. The van der Waals surface area contributed by atoms with E-state index in [1.54, 1.807) is 12.1 Å². The normalized spacial score (nSPS) is 22.9. The Morgan fingerprint density at radius 1 is 1.17 bits per heavy atom. The van der Waals surface area contributed by atoms with Gasteiger partial charge in [0.05, 0.1) is 4.92 Å². The quantitative estimate of drug-likeness (QED) is 0.695. The van der Waals surface area contributed by atoms with Crippen molar-refractivity contribution in [3.8, 4) is 0 Å². The fourth-order valence-electron chi connectivity index (χ4n) is 3.34. The second kappa shape index (κ2) is 6.48. The molecule has 1 unspecified atom stereocenters. The van der Waals surface area contributed by atoms with Gasteiger partial charge < -0.3 is 5.73 Å². The summed E-state index contributed by atoms with van der Waals surface area (Å²) in [4.78, 5) is 12.9. The summed E-state index contributed by atoms with van der Waals surface area (Å²) in [5, 5.41) is 11.0. The largest absolute Gasteiger partial charge is 0.326 e. The monoisotopic (exact) mass is 311 g/mol. The third kappa shape index (κ3) is 3.25. The molecule has 2 aromatic rings. The summed E-state index contributed by atoms with van der Waals surface area (Å²) >= 11 is 0. The first-order valence-corrected chi connectivity index (χ1v) is 7.85. The first-order valence-electron chi connectivity index (χ1n) is 7.85. The molecule has 3 atom stereocenters. The fourth-order valence-corrected chi connectivity index (χ4v) is 3.34. The third-order valence-electron chi connectivity index (χ3n) is 4.73. The maximum atomic E-state index is 11.0. The van der Waals surface area contributed by atoms with Gasteiger partial charge >= 0.3 is 0 Å². The minimum atomic E-state index is -0.349. The summed E-state index contributed by atoms with van der Waals surface area (Å²) < 4.78 is 0. The lowest BCUT2D eigenvalue weighted by molar-refractivity contribution is -0.384. The van der Waals surface area contributed by atoms with Gasteiger partial charge in [-0.25, -0.2) is 0 Å². The summed E-state index contributed by atoms with van der Waals surface area (Å²) in [5.74, 6) is 0.303. The van der Waals surface area contributed by atoms with Crippen molar-refractivity contribution >= 4 is 5.69 Å². The maximum Gasteiger partial charge on any atom is 0.269 e. The van der Waals surface area contributed by atoms with E-state index < -0.39 is 0 Å². The molecule has 2 N–H and O–H groups in total. The van der Waals surface area contributed by atoms with Gasteiger partial charge in [0, 0.05) is 43.2 Å². The van der Waals surface area contributed by atoms with Gasteiger partial charge in [-0.05, 0) is 18.1 Å². The molecule has 0 bridgehead atoms. The van der Waals surface area contributed by atoms with Gasteiger partial charge in [0.2, 0.25) is 0 Å². The van der Waals surface area contributed by atoms with Crippen LogP contribution in [-0.2, 0) is 0 Å². The van der Waals surface area contributed by atoms with E-state index in [9.17, 15) is 10.1 Å². The van der Waals surface area contributed by atoms with Crippen LogP contribution in [-0.4, -0.2) is 29.0 Å². The molecule has 0 spiro atoms. The van der Waals surface area contributed by atoms with E-state index in [4.69, 9.17) is 5.73 Å². The lowest BCUT2D eigenvalue weighted by Crippen LogP contribution is -2.29. The Labute approximate surface area is 135 Å². The average Bonchev–Trinajstić information content (AvgIpc) is 2.97. The molecule has 0 aromatic heterocycles. The molecule has 0 radical (unpaired) electrons. The van der Waals surface area contributed by atoms with E-state index in [1.807, 2.05) is 24.3 Å². The van der Waals surface area contributed by atoms with Crippen LogP contribution in [0, 0.1) is 10.1 Å². The Morgan fingerprint density at radius 3 is 2.61 bits per heavy atom. The minimum absolute atomic E-state index is 0.0820. The second-order valence-electron chi connectivity index (χ2n) is 6.16. The van der Waals surface area contributed by atoms with Crippen LogP contribution in [0.2, 0.25) is 0 Å². The molecule has 3 rings (SSSR count). The van der Waals surface area contributed by atoms with Crippen molar-refractivity contribution in [1.82, 2.24) is 4.90 Å². The molecule has 1 fully saturated rings. The van der Waals surface area contributed by atoms with E-state index in [2.05, 4.69) is 24.0 Å². The fraction of sp³-hybridized carbons (Fsp3) is 0.333. The molecule has 120 valence electrons. The Kier molecular flexibility index (Phi) is 4.41. The molecule has 2 aromatic carbocycles. The van der Waals surface area contributed by atoms with Crippen molar-refractivity contribution in [3.05, 3.63) is 75.8 Å². The Bertz CT molecular complexity index is 690. The lowest BCUT2D eigenvalue weighted by atomic mass is 9.95. The summed E-state index contributed by atoms with van der Waals surface area (Å²) in [6.07, 6.45) is 0. The molecular weight excluding hydrogens is 290 g/mol. The molecular formula is C18H21N3O2. The third-order valence-corrected chi connectivity index (χ3v) is 4.73. The summed E-state index contributed by atoms with van der Waals surface area (Å²) in [5.41, 5.74) is 8.70. The Hall–Kier alpha value is -2.24. The molecule has 1 aliphatic heterocycles. The van der Waals surface area contributed by atoms with E-state index in [1.165, 1.54) is 11.6 Å². The number of hydrogen-bond donors (Lipinski definition) is 1. The first kappa shape index (κ1) is 15.6. The first-order chi connectivity index (χ1) is 11.1. The van der Waals surface area contributed by atoms with Gasteiger partial charge in [-0.15, -0.1) is 0 Å². The van der Waals surface area contributed by atoms with Crippen LogP contribution < -0.4 is 5.73 Å². The van der Waals surface area contributed by atoms with E-state index in [0.717, 1.165) is 18.7 Å². The highest BCUT2D eigenvalue weighted by Gasteiger charge is 2.34. The zero-order valence-corrected chi connectivity index (χ0v) is 13.1. The zero-order valence-electron chi connectivity index (χ0n) is 13.1. The Balaban J connectivity index is 1.78.